The lowest BCUT2D eigenvalue weighted by atomic mass is 10.2. The molecule has 0 fully saturated rings. The maximum absolute atomic E-state index is 14.3. The molecule has 1 atom stereocenters. The van der Waals surface area contributed by atoms with E-state index in [0.717, 1.165) is 0 Å². The molecule has 0 saturated carbocycles. The number of ether oxygens (including phenoxy) is 1. The smallest absolute Gasteiger partial charge is 0.344 e. The lowest BCUT2D eigenvalue weighted by molar-refractivity contribution is 0.0338. The molecule has 7 heteroatoms. The number of nitrogen functional groups attached to an aromatic ring is 1. The molecule has 0 unspecified atom stereocenters. The summed E-state index contributed by atoms with van der Waals surface area (Å²) in [5, 5.41) is 0. The fourth-order valence-electron chi connectivity index (χ4n) is 3.17. The van der Waals surface area contributed by atoms with E-state index in [1.54, 1.807) is 23.6 Å². The summed E-state index contributed by atoms with van der Waals surface area (Å²) in [6.45, 7) is 5.41. The number of nitrogens with zero attached hydrogens (tertiary/aromatic N) is 3. The summed E-state index contributed by atoms with van der Waals surface area (Å²) in [5.41, 5.74) is 9.47. The second-order valence-electron chi connectivity index (χ2n) is 7.04. The molecular weight excluding hydrogens is 371 g/mol. The van der Waals surface area contributed by atoms with Crippen molar-refractivity contribution >= 4 is 34.0 Å². The van der Waals surface area contributed by atoms with Crippen molar-refractivity contribution in [3.63, 3.8) is 0 Å². The van der Waals surface area contributed by atoms with Gasteiger partial charge >= 0.3 is 5.97 Å². The van der Waals surface area contributed by atoms with Crippen LogP contribution in [0, 0.1) is 12.7 Å². The predicted octanol–water partition coefficient (Wildman–Crippen LogP) is 4.56. The van der Waals surface area contributed by atoms with Gasteiger partial charge in [-0.2, -0.15) is 0 Å². The maximum Gasteiger partial charge on any atom is 0.344 e. The van der Waals surface area contributed by atoms with Gasteiger partial charge in [0.1, 0.15) is 22.7 Å². The van der Waals surface area contributed by atoms with Crippen LogP contribution in [0.15, 0.2) is 42.5 Å². The highest BCUT2D eigenvalue weighted by Gasteiger charge is 2.27. The maximum atomic E-state index is 14.3. The monoisotopic (exact) mass is 392 g/mol. The Morgan fingerprint density at radius 3 is 2.55 bits per heavy atom. The first-order chi connectivity index (χ1) is 13.9. The molecule has 2 N–H and O–H groups in total. The number of hydrogen-bond donors (Lipinski definition) is 1. The molecule has 0 aliphatic heterocycles. The standard InChI is InChI=1S/C22H21FN4O2/c1-4-13(3)29-22(28)18-19-21(26-17-8-6-5-7-16(17)25-19)27(20(18)24)14-10-9-12(2)15(23)11-14/h5-11,13H,4,24H2,1-3H3/t13-/m0/s1. The number of anilines is 1. The van der Waals surface area contributed by atoms with Crippen LogP contribution in [0.2, 0.25) is 0 Å². The molecular formula is C22H21FN4O2. The van der Waals surface area contributed by atoms with Gasteiger partial charge in [0.15, 0.2) is 5.65 Å². The first-order valence-corrected chi connectivity index (χ1v) is 9.44. The summed E-state index contributed by atoms with van der Waals surface area (Å²) in [7, 11) is 0. The average molecular weight is 392 g/mol. The third-order valence-corrected chi connectivity index (χ3v) is 5.00. The van der Waals surface area contributed by atoms with Crippen LogP contribution in [0.4, 0.5) is 10.2 Å². The number of hydrogen-bond acceptors (Lipinski definition) is 5. The van der Waals surface area contributed by atoms with Gasteiger partial charge in [-0.3, -0.25) is 4.57 Å². The Kier molecular flexibility index (Phi) is 4.66. The summed E-state index contributed by atoms with van der Waals surface area (Å²) in [5.74, 6) is -0.828. The largest absolute Gasteiger partial charge is 0.459 e. The van der Waals surface area contributed by atoms with Crippen molar-refractivity contribution in [2.75, 3.05) is 5.73 Å². The number of aromatic nitrogens is 3. The Morgan fingerprint density at radius 1 is 1.21 bits per heavy atom. The molecule has 29 heavy (non-hydrogen) atoms. The van der Waals surface area contributed by atoms with Crippen molar-refractivity contribution in [2.45, 2.75) is 33.3 Å². The number of halogens is 1. The van der Waals surface area contributed by atoms with Crippen LogP contribution in [0.25, 0.3) is 27.9 Å². The van der Waals surface area contributed by atoms with Gasteiger partial charge in [0.25, 0.3) is 0 Å². The molecule has 4 rings (SSSR count). The Labute approximate surface area is 167 Å². The molecule has 2 aromatic heterocycles. The number of esters is 1. The molecule has 0 radical (unpaired) electrons. The second kappa shape index (κ2) is 7.16. The summed E-state index contributed by atoms with van der Waals surface area (Å²) >= 11 is 0. The van der Waals surface area contributed by atoms with Crippen LogP contribution in [0.3, 0.4) is 0 Å². The zero-order chi connectivity index (χ0) is 20.7. The van der Waals surface area contributed by atoms with E-state index in [1.807, 2.05) is 38.1 Å². The van der Waals surface area contributed by atoms with Crippen molar-refractivity contribution in [3.8, 4) is 5.69 Å². The number of nitrogens with two attached hydrogens (primary N) is 1. The van der Waals surface area contributed by atoms with Crippen LogP contribution >= 0.6 is 0 Å². The van der Waals surface area contributed by atoms with Crippen molar-refractivity contribution < 1.29 is 13.9 Å². The molecule has 0 aliphatic rings. The quantitative estimate of drug-likeness (QED) is 0.515. The Balaban J connectivity index is 2.04. The highest BCUT2D eigenvalue weighted by atomic mass is 19.1. The molecule has 0 aliphatic carbocycles. The fourth-order valence-corrected chi connectivity index (χ4v) is 3.17. The van der Waals surface area contributed by atoms with E-state index < -0.39 is 5.97 Å². The van der Waals surface area contributed by atoms with Crippen LogP contribution < -0.4 is 5.73 Å². The van der Waals surface area contributed by atoms with Crippen LogP contribution in [-0.2, 0) is 4.74 Å². The van der Waals surface area contributed by atoms with Gasteiger partial charge in [0.2, 0.25) is 0 Å². The minimum Gasteiger partial charge on any atom is -0.459 e. The first-order valence-electron chi connectivity index (χ1n) is 9.44. The molecule has 2 aromatic carbocycles. The molecule has 4 aromatic rings. The van der Waals surface area contributed by atoms with Gasteiger partial charge in [-0.1, -0.05) is 25.1 Å². The lowest BCUT2D eigenvalue weighted by Gasteiger charge is -2.11. The molecule has 0 bridgehead atoms. The Bertz CT molecular complexity index is 1250. The van der Waals surface area contributed by atoms with Crippen molar-refractivity contribution in [1.29, 1.82) is 0 Å². The van der Waals surface area contributed by atoms with Gasteiger partial charge in [0, 0.05) is 0 Å². The van der Waals surface area contributed by atoms with E-state index in [2.05, 4.69) is 9.97 Å². The second-order valence-corrected chi connectivity index (χ2v) is 7.04. The van der Waals surface area contributed by atoms with Crippen molar-refractivity contribution in [3.05, 3.63) is 59.4 Å². The number of benzene rings is 2. The number of fused-ring (bicyclic) bond motifs is 2. The van der Waals surface area contributed by atoms with E-state index in [9.17, 15) is 9.18 Å². The van der Waals surface area contributed by atoms with E-state index in [-0.39, 0.29) is 23.3 Å². The van der Waals surface area contributed by atoms with Crippen LogP contribution in [-0.4, -0.2) is 26.6 Å². The van der Waals surface area contributed by atoms with Gasteiger partial charge in [-0.25, -0.2) is 19.2 Å². The minimum absolute atomic E-state index is 0.117. The third kappa shape index (κ3) is 3.18. The topological polar surface area (TPSA) is 83.0 Å². The highest BCUT2D eigenvalue weighted by Crippen LogP contribution is 2.32. The lowest BCUT2D eigenvalue weighted by Crippen LogP contribution is -2.15. The third-order valence-electron chi connectivity index (χ3n) is 5.00. The molecule has 2 heterocycles. The van der Waals surface area contributed by atoms with Crippen molar-refractivity contribution in [2.24, 2.45) is 0 Å². The van der Waals surface area contributed by atoms with Gasteiger partial charge in [-0.15, -0.1) is 0 Å². The van der Waals surface area contributed by atoms with Crippen LogP contribution in [0.5, 0.6) is 0 Å². The Hall–Kier alpha value is -3.48. The minimum atomic E-state index is -0.572. The van der Waals surface area contributed by atoms with Gasteiger partial charge < -0.3 is 10.5 Å². The number of carbonyl (C=O) groups is 1. The molecule has 0 amide bonds. The molecule has 0 spiro atoms. The zero-order valence-corrected chi connectivity index (χ0v) is 16.4. The summed E-state index contributed by atoms with van der Waals surface area (Å²) < 4.78 is 21.3. The fraction of sp³-hybridized carbons (Fsp3) is 0.227. The highest BCUT2D eigenvalue weighted by molar-refractivity contribution is 6.09. The first kappa shape index (κ1) is 18.9. The van der Waals surface area contributed by atoms with E-state index in [4.69, 9.17) is 10.5 Å². The van der Waals surface area contributed by atoms with Gasteiger partial charge in [0.05, 0.1) is 22.8 Å². The van der Waals surface area contributed by atoms with E-state index in [1.165, 1.54) is 6.07 Å². The number of carbonyl (C=O) groups excluding carboxylic acids is 1. The molecule has 0 saturated heterocycles. The van der Waals surface area contributed by atoms with Crippen LogP contribution in [0.1, 0.15) is 36.2 Å². The molecule has 6 nitrogen and oxygen atoms in total. The van der Waals surface area contributed by atoms with E-state index in [0.29, 0.717) is 39.9 Å². The Morgan fingerprint density at radius 2 is 1.90 bits per heavy atom. The molecule has 148 valence electrons. The summed E-state index contributed by atoms with van der Waals surface area (Å²) in [6.07, 6.45) is 0.396. The van der Waals surface area contributed by atoms with E-state index >= 15 is 0 Å². The number of para-hydroxylation sites is 2. The number of rotatable bonds is 4. The summed E-state index contributed by atoms with van der Waals surface area (Å²) in [6, 6.07) is 12.1. The zero-order valence-electron chi connectivity index (χ0n) is 16.4. The summed E-state index contributed by atoms with van der Waals surface area (Å²) in [4.78, 5) is 22.2. The average Bonchev–Trinajstić information content (AvgIpc) is 2.99. The predicted molar refractivity (Wildman–Crippen MR) is 111 cm³/mol. The van der Waals surface area contributed by atoms with Gasteiger partial charge in [-0.05, 0) is 50.1 Å². The SMILES string of the molecule is CC[C@H](C)OC(=O)c1c(N)n(-c2ccc(C)c(F)c2)c2nc3ccccc3nc12. The van der Waals surface area contributed by atoms with Crippen molar-refractivity contribution in [1.82, 2.24) is 14.5 Å². The number of aryl methyl sites for hydroxylation is 1. The normalized spacial score (nSPS) is 12.4.